The van der Waals surface area contributed by atoms with E-state index >= 15 is 0 Å². The number of hydrogen-bond acceptors (Lipinski definition) is 4. The Kier molecular flexibility index (Phi) is 4.07. The summed E-state index contributed by atoms with van der Waals surface area (Å²) in [7, 11) is 0. The lowest BCUT2D eigenvalue weighted by molar-refractivity contribution is -0.384. The number of halogens is 1. The fourth-order valence-electron chi connectivity index (χ4n) is 2.66. The van der Waals surface area contributed by atoms with Crippen molar-refractivity contribution in [3.8, 4) is 0 Å². The second-order valence-electron chi connectivity index (χ2n) is 5.53. The summed E-state index contributed by atoms with van der Waals surface area (Å²) in [5, 5.41) is 16.3. The summed E-state index contributed by atoms with van der Waals surface area (Å²) in [4.78, 5) is 22.7. The van der Waals surface area contributed by atoms with Crippen LogP contribution in [-0.2, 0) is 4.79 Å². The standard InChI is InChI=1S/C17H14FN3O3/c1-11-16(12-2-6-15(7-3-12)21(23)24)10-17(22)20(19-11)14-8-4-13(18)5-9-14/h2-9,16H,10H2,1H3. The molecule has 0 saturated heterocycles. The molecule has 2 aromatic carbocycles. The van der Waals surface area contributed by atoms with Crippen molar-refractivity contribution in [3.63, 3.8) is 0 Å². The number of nitro groups is 1. The van der Waals surface area contributed by atoms with Crippen LogP contribution in [0, 0.1) is 15.9 Å². The molecule has 0 N–H and O–H groups in total. The normalized spacial score (nSPS) is 17.6. The highest BCUT2D eigenvalue weighted by molar-refractivity contribution is 6.04. The van der Waals surface area contributed by atoms with E-state index in [0.29, 0.717) is 11.4 Å². The van der Waals surface area contributed by atoms with Crippen molar-refractivity contribution < 1.29 is 14.1 Å². The van der Waals surface area contributed by atoms with Crippen LogP contribution in [0.25, 0.3) is 0 Å². The van der Waals surface area contributed by atoms with Crippen LogP contribution in [0.5, 0.6) is 0 Å². The Morgan fingerprint density at radius 3 is 2.38 bits per heavy atom. The van der Waals surface area contributed by atoms with Gasteiger partial charge in [-0.1, -0.05) is 12.1 Å². The third-order valence-corrected chi connectivity index (χ3v) is 3.95. The van der Waals surface area contributed by atoms with Crippen molar-refractivity contribution in [1.82, 2.24) is 0 Å². The third kappa shape index (κ3) is 3.01. The van der Waals surface area contributed by atoms with Crippen molar-refractivity contribution in [2.45, 2.75) is 19.3 Å². The first-order valence-electron chi connectivity index (χ1n) is 7.33. The van der Waals surface area contributed by atoms with Gasteiger partial charge < -0.3 is 0 Å². The molecule has 1 amide bonds. The molecule has 24 heavy (non-hydrogen) atoms. The minimum atomic E-state index is -0.465. The quantitative estimate of drug-likeness (QED) is 0.638. The van der Waals surface area contributed by atoms with Gasteiger partial charge in [0.25, 0.3) is 5.69 Å². The Bertz CT molecular complexity index is 816. The highest BCUT2D eigenvalue weighted by Crippen LogP contribution is 2.30. The van der Waals surface area contributed by atoms with E-state index < -0.39 is 4.92 Å². The fraction of sp³-hybridized carbons (Fsp3) is 0.176. The number of carbonyl (C=O) groups excluding carboxylic acids is 1. The molecular formula is C17H14FN3O3. The molecule has 3 rings (SSSR count). The van der Waals surface area contributed by atoms with E-state index in [9.17, 15) is 19.3 Å². The van der Waals surface area contributed by atoms with E-state index in [-0.39, 0.29) is 29.8 Å². The van der Waals surface area contributed by atoms with Crippen LogP contribution >= 0.6 is 0 Å². The van der Waals surface area contributed by atoms with Gasteiger partial charge in [0.2, 0.25) is 5.91 Å². The van der Waals surface area contributed by atoms with E-state index in [2.05, 4.69) is 5.10 Å². The van der Waals surface area contributed by atoms with Crippen molar-refractivity contribution in [2.75, 3.05) is 5.01 Å². The highest BCUT2D eigenvalue weighted by Gasteiger charge is 2.29. The van der Waals surface area contributed by atoms with Gasteiger partial charge in [0.15, 0.2) is 0 Å². The molecule has 1 aliphatic heterocycles. The number of rotatable bonds is 3. The number of hydrogen-bond donors (Lipinski definition) is 0. The monoisotopic (exact) mass is 327 g/mol. The number of hydrazone groups is 1. The summed E-state index contributed by atoms with van der Waals surface area (Å²) < 4.78 is 13.0. The van der Waals surface area contributed by atoms with Crippen LogP contribution in [0.2, 0.25) is 0 Å². The topological polar surface area (TPSA) is 75.8 Å². The van der Waals surface area contributed by atoms with Crippen LogP contribution in [0.3, 0.4) is 0 Å². The Hall–Kier alpha value is -3.09. The molecule has 1 atom stereocenters. The van der Waals surface area contributed by atoms with Crippen LogP contribution in [-0.4, -0.2) is 16.5 Å². The summed E-state index contributed by atoms with van der Waals surface area (Å²) in [6.07, 6.45) is 0.199. The van der Waals surface area contributed by atoms with E-state index in [1.165, 1.54) is 41.4 Å². The van der Waals surface area contributed by atoms with Crippen molar-refractivity contribution in [2.24, 2.45) is 5.10 Å². The lowest BCUT2D eigenvalue weighted by atomic mass is 9.90. The SMILES string of the molecule is CC1=NN(c2ccc(F)cc2)C(=O)CC1c1ccc([N+](=O)[O-])cc1. The molecule has 0 saturated carbocycles. The van der Waals surface area contributed by atoms with Crippen LogP contribution in [0.4, 0.5) is 15.8 Å². The van der Waals surface area contributed by atoms with Crippen LogP contribution in [0.15, 0.2) is 53.6 Å². The van der Waals surface area contributed by atoms with Gasteiger partial charge in [-0.05, 0) is 36.8 Å². The van der Waals surface area contributed by atoms with E-state index in [1.807, 2.05) is 0 Å². The van der Waals surface area contributed by atoms with Crippen molar-refractivity contribution in [1.29, 1.82) is 0 Å². The van der Waals surface area contributed by atoms with Crippen molar-refractivity contribution >= 4 is 23.0 Å². The van der Waals surface area contributed by atoms with Gasteiger partial charge >= 0.3 is 0 Å². The van der Waals surface area contributed by atoms with E-state index in [0.717, 1.165) is 5.56 Å². The number of nitro benzene ring substituents is 1. The summed E-state index contributed by atoms with van der Waals surface area (Å²) in [6, 6.07) is 11.7. The molecule has 0 spiro atoms. The molecule has 0 bridgehead atoms. The Labute approximate surface area is 137 Å². The number of anilines is 1. The summed E-state index contributed by atoms with van der Waals surface area (Å²) >= 11 is 0. The number of non-ortho nitro benzene ring substituents is 1. The largest absolute Gasteiger partial charge is 0.273 e. The average Bonchev–Trinajstić information content (AvgIpc) is 2.57. The first-order valence-corrected chi connectivity index (χ1v) is 7.33. The van der Waals surface area contributed by atoms with Crippen molar-refractivity contribution in [3.05, 3.63) is 70.0 Å². The third-order valence-electron chi connectivity index (χ3n) is 3.95. The zero-order valence-corrected chi connectivity index (χ0v) is 12.8. The zero-order valence-electron chi connectivity index (χ0n) is 12.8. The predicted molar refractivity (Wildman–Crippen MR) is 87.4 cm³/mol. The first-order chi connectivity index (χ1) is 11.5. The van der Waals surface area contributed by atoms with Gasteiger partial charge in [0, 0.05) is 30.2 Å². The molecule has 122 valence electrons. The van der Waals surface area contributed by atoms with Crippen LogP contribution < -0.4 is 5.01 Å². The van der Waals surface area contributed by atoms with E-state index in [1.54, 1.807) is 19.1 Å². The fourth-order valence-corrected chi connectivity index (χ4v) is 2.66. The molecule has 6 nitrogen and oxygen atoms in total. The predicted octanol–water partition coefficient (Wildman–Crippen LogP) is 3.63. The highest BCUT2D eigenvalue weighted by atomic mass is 19.1. The molecule has 0 radical (unpaired) electrons. The van der Waals surface area contributed by atoms with E-state index in [4.69, 9.17) is 0 Å². The number of benzene rings is 2. The minimum absolute atomic E-state index is 0.00316. The lowest BCUT2D eigenvalue weighted by Crippen LogP contribution is -2.35. The second kappa shape index (κ2) is 6.19. The molecule has 0 fully saturated rings. The molecule has 0 aliphatic carbocycles. The maximum Gasteiger partial charge on any atom is 0.269 e. The van der Waals surface area contributed by atoms with Gasteiger partial charge in [0.05, 0.1) is 10.6 Å². The molecule has 7 heteroatoms. The number of carbonyl (C=O) groups is 1. The van der Waals surface area contributed by atoms with Gasteiger partial charge in [-0.25, -0.2) is 9.40 Å². The smallest absolute Gasteiger partial charge is 0.269 e. The molecule has 1 heterocycles. The molecule has 1 unspecified atom stereocenters. The zero-order chi connectivity index (χ0) is 17.3. The summed E-state index contributed by atoms with van der Waals surface area (Å²) in [5.41, 5.74) is 2.02. The van der Waals surface area contributed by atoms with Gasteiger partial charge in [-0.15, -0.1) is 0 Å². The molecule has 2 aromatic rings. The number of nitrogens with zero attached hydrogens (tertiary/aromatic N) is 3. The van der Waals surface area contributed by atoms with Gasteiger partial charge in [-0.2, -0.15) is 5.10 Å². The summed E-state index contributed by atoms with van der Waals surface area (Å²) in [5.74, 6) is -0.821. The second-order valence-corrected chi connectivity index (χ2v) is 5.53. The average molecular weight is 327 g/mol. The Morgan fingerprint density at radius 2 is 1.79 bits per heavy atom. The maximum absolute atomic E-state index is 13.0. The summed E-state index contributed by atoms with van der Waals surface area (Å²) in [6.45, 7) is 1.80. The van der Waals surface area contributed by atoms with Crippen LogP contribution in [0.1, 0.15) is 24.8 Å². The van der Waals surface area contributed by atoms with Gasteiger partial charge in [-0.3, -0.25) is 14.9 Å². The first kappa shape index (κ1) is 15.8. The minimum Gasteiger partial charge on any atom is -0.273 e. The Morgan fingerprint density at radius 1 is 1.17 bits per heavy atom. The molecular weight excluding hydrogens is 313 g/mol. The number of amides is 1. The van der Waals surface area contributed by atoms with Gasteiger partial charge in [0.1, 0.15) is 5.82 Å². The molecule has 0 aromatic heterocycles. The maximum atomic E-state index is 13.0. The molecule has 1 aliphatic rings. The lowest BCUT2D eigenvalue weighted by Gasteiger charge is -2.28. The Balaban J connectivity index is 1.88.